The lowest BCUT2D eigenvalue weighted by Gasteiger charge is -2.34. The largest absolute Gasteiger partial charge is 0.336 e. The normalized spacial score (nSPS) is 14.9. The number of amides is 1. The van der Waals surface area contributed by atoms with Crippen LogP contribution in [-0.4, -0.2) is 62.1 Å². The molecule has 1 aliphatic rings. The van der Waals surface area contributed by atoms with Crippen molar-refractivity contribution in [2.24, 2.45) is 0 Å². The zero-order valence-electron chi connectivity index (χ0n) is 15.3. The average Bonchev–Trinajstić information content (AvgIpc) is 3.18. The molecule has 10 heteroatoms. The van der Waals surface area contributed by atoms with Gasteiger partial charge in [-0.3, -0.25) is 9.69 Å². The van der Waals surface area contributed by atoms with Gasteiger partial charge in [0.2, 0.25) is 0 Å². The van der Waals surface area contributed by atoms with Gasteiger partial charge in [0.25, 0.3) is 5.91 Å². The minimum Gasteiger partial charge on any atom is -0.336 e. The highest BCUT2D eigenvalue weighted by Gasteiger charge is 2.25. The molecule has 0 unspecified atom stereocenters. The van der Waals surface area contributed by atoms with Crippen molar-refractivity contribution in [1.29, 1.82) is 0 Å². The third-order valence-electron chi connectivity index (χ3n) is 4.79. The van der Waals surface area contributed by atoms with E-state index in [0.717, 1.165) is 0 Å². The van der Waals surface area contributed by atoms with Crippen LogP contribution in [0.1, 0.15) is 16.2 Å². The second-order valence-corrected chi connectivity index (χ2v) is 7.52. The molecular formula is C19H17Cl2FN6O. The minimum absolute atomic E-state index is 0.131. The van der Waals surface area contributed by atoms with Crippen LogP contribution >= 0.6 is 23.2 Å². The Kier molecular flexibility index (Phi) is 5.75. The maximum Gasteiger partial charge on any atom is 0.255 e. The number of hydrogen-bond acceptors (Lipinski definition) is 5. The van der Waals surface area contributed by atoms with E-state index in [-0.39, 0.29) is 11.7 Å². The van der Waals surface area contributed by atoms with Gasteiger partial charge in [-0.25, -0.2) is 4.39 Å². The summed E-state index contributed by atoms with van der Waals surface area (Å²) in [6.45, 7) is 2.96. The van der Waals surface area contributed by atoms with E-state index in [0.29, 0.717) is 59.8 Å². The molecular weight excluding hydrogens is 418 g/mol. The van der Waals surface area contributed by atoms with Crippen LogP contribution in [0.4, 0.5) is 4.39 Å². The number of rotatable bonds is 4. The van der Waals surface area contributed by atoms with Crippen molar-refractivity contribution in [2.45, 2.75) is 6.54 Å². The van der Waals surface area contributed by atoms with E-state index in [4.69, 9.17) is 23.2 Å². The Morgan fingerprint density at radius 2 is 1.76 bits per heavy atom. The van der Waals surface area contributed by atoms with E-state index in [9.17, 15) is 9.18 Å². The van der Waals surface area contributed by atoms with E-state index in [2.05, 4.69) is 20.4 Å². The van der Waals surface area contributed by atoms with Gasteiger partial charge < -0.3 is 4.90 Å². The Balaban J connectivity index is 1.40. The highest BCUT2D eigenvalue weighted by molar-refractivity contribution is 6.35. The monoisotopic (exact) mass is 434 g/mol. The lowest BCUT2D eigenvalue weighted by Crippen LogP contribution is -2.48. The molecule has 150 valence electrons. The van der Waals surface area contributed by atoms with Gasteiger partial charge in [-0.15, -0.1) is 5.10 Å². The van der Waals surface area contributed by atoms with E-state index < -0.39 is 0 Å². The predicted molar refractivity (Wildman–Crippen MR) is 107 cm³/mol. The molecule has 1 aromatic heterocycles. The first-order valence-corrected chi connectivity index (χ1v) is 9.77. The number of hydrogen-bond donors (Lipinski definition) is 0. The molecule has 0 spiro atoms. The van der Waals surface area contributed by atoms with Gasteiger partial charge in [-0.05, 0) is 52.9 Å². The number of nitrogens with zero attached hydrogens (tertiary/aromatic N) is 6. The van der Waals surface area contributed by atoms with Crippen LogP contribution in [0.25, 0.3) is 5.69 Å². The molecule has 0 atom stereocenters. The third-order valence-corrected chi connectivity index (χ3v) is 5.35. The zero-order valence-corrected chi connectivity index (χ0v) is 16.8. The standard InChI is InChI=1S/C19H17Cl2FN6O/c20-13-1-6-17(21)16(11-13)19(29)27-9-7-26(8-10-27)12-18-23-24-25-28(18)15-4-2-14(22)3-5-15/h1-6,11H,7-10,12H2. The van der Waals surface area contributed by atoms with Crippen LogP contribution in [0.3, 0.4) is 0 Å². The summed E-state index contributed by atoms with van der Waals surface area (Å²) >= 11 is 12.2. The van der Waals surface area contributed by atoms with Crippen LogP contribution in [0.5, 0.6) is 0 Å². The van der Waals surface area contributed by atoms with Gasteiger partial charge in [0.15, 0.2) is 5.82 Å². The number of carbonyl (C=O) groups excluding carboxylic acids is 1. The van der Waals surface area contributed by atoms with E-state index >= 15 is 0 Å². The molecule has 2 heterocycles. The van der Waals surface area contributed by atoms with Gasteiger partial charge >= 0.3 is 0 Å². The molecule has 29 heavy (non-hydrogen) atoms. The molecule has 0 radical (unpaired) electrons. The summed E-state index contributed by atoms with van der Waals surface area (Å²) in [6, 6.07) is 10.9. The minimum atomic E-state index is -0.316. The number of piperazine rings is 1. The lowest BCUT2D eigenvalue weighted by atomic mass is 10.1. The maximum atomic E-state index is 13.2. The molecule has 0 aliphatic carbocycles. The van der Waals surface area contributed by atoms with Crippen LogP contribution in [0.15, 0.2) is 42.5 Å². The Bertz CT molecular complexity index is 1020. The fraction of sp³-hybridized carbons (Fsp3) is 0.263. The molecule has 0 saturated carbocycles. The lowest BCUT2D eigenvalue weighted by molar-refractivity contribution is 0.0624. The Morgan fingerprint density at radius 3 is 2.48 bits per heavy atom. The van der Waals surface area contributed by atoms with Crippen molar-refractivity contribution in [2.75, 3.05) is 26.2 Å². The molecule has 3 aromatic rings. The summed E-state index contributed by atoms with van der Waals surface area (Å²) in [7, 11) is 0. The predicted octanol–water partition coefficient (Wildman–Crippen LogP) is 3.07. The Morgan fingerprint density at radius 1 is 1.03 bits per heavy atom. The van der Waals surface area contributed by atoms with Crippen LogP contribution in [0, 0.1) is 5.82 Å². The second kappa shape index (κ2) is 8.44. The first kappa shape index (κ1) is 19.8. The molecule has 1 amide bonds. The fourth-order valence-electron chi connectivity index (χ4n) is 3.23. The summed E-state index contributed by atoms with van der Waals surface area (Å²) in [5, 5.41) is 12.7. The number of benzene rings is 2. The second-order valence-electron chi connectivity index (χ2n) is 6.68. The summed E-state index contributed by atoms with van der Waals surface area (Å²) in [6.07, 6.45) is 0. The number of halogens is 3. The summed E-state index contributed by atoms with van der Waals surface area (Å²) in [5.41, 5.74) is 1.10. The van der Waals surface area contributed by atoms with Gasteiger partial charge in [0.1, 0.15) is 5.82 Å². The van der Waals surface area contributed by atoms with Crippen molar-refractivity contribution in [3.63, 3.8) is 0 Å². The van der Waals surface area contributed by atoms with E-state index in [1.807, 2.05) is 0 Å². The SMILES string of the molecule is O=C(c1cc(Cl)ccc1Cl)N1CCN(Cc2nnnn2-c2ccc(F)cc2)CC1. The third kappa shape index (κ3) is 4.39. The Hall–Kier alpha value is -2.55. The van der Waals surface area contributed by atoms with Crippen molar-refractivity contribution in [3.05, 3.63) is 69.7 Å². The first-order valence-electron chi connectivity index (χ1n) is 9.01. The molecule has 0 bridgehead atoms. The van der Waals surface area contributed by atoms with Gasteiger partial charge in [0.05, 0.1) is 22.8 Å². The molecule has 1 fully saturated rings. The van der Waals surface area contributed by atoms with Crippen LogP contribution < -0.4 is 0 Å². The van der Waals surface area contributed by atoms with Crippen LogP contribution in [0.2, 0.25) is 10.0 Å². The quantitative estimate of drug-likeness (QED) is 0.630. The first-order chi connectivity index (χ1) is 14.0. The van der Waals surface area contributed by atoms with E-state index in [1.165, 1.54) is 12.1 Å². The molecule has 7 nitrogen and oxygen atoms in total. The number of carbonyl (C=O) groups is 1. The molecule has 4 rings (SSSR count). The van der Waals surface area contributed by atoms with Gasteiger partial charge in [-0.2, -0.15) is 4.68 Å². The fourth-order valence-corrected chi connectivity index (χ4v) is 3.60. The Labute approximate surface area is 176 Å². The smallest absolute Gasteiger partial charge is 0.255 e. The van der Waals surface area contributed by atoms with Gasteiger partial charge in [-0.1, -0.05) is 23.2 Å². The summed E-state index contributed by atoms with van der Waals surface area (Å²) in [4.78, 5) is 16.7. The summed E-state index contributed by atoms with van der Waals surface area (Å²) in [5.74, 6) is 0.200. The van der Waals surface area contributed by atoms with Crippen molar-refractivity contribution in [3.8, 4) is 5.69 Å². The summed E-state index contributed by atoms with van der Waals surface area (Å²) < 4.78 is 14.7. The number of aromatic nitrogens is 4. The van der Waals surface area contributed by atoms with E-state index in [1.54, 1.807) is 39.9 Å². The average molecular weight is 435 g/mol. The van der Waals surface area contributed by atoms with Gasteiger partial charge in [0, 0.05) is 31.2 Å². The zero-order chi connectivity index (χ0) is 20.4. The molecule has 2 aromatic carbocycles. The van der Waals surface area contributed by atoms with Crippen molar-refractivity contribution >= 4 is 29.1 Å². The number of tetrazole rings is 1. The molecule has 1 aliphatic heterocycles. The molecule has 0 N–H and O–H groups in total. The topological polar surface area (TPSA) is 67.2 Å². The molecule has 1 saturated heterocycles. The van der Waals surface area contributed by atoms with Crippen molar-refractivity contribution < 1.29 is 9.18 Å². The highest BCUT2D eigenvalue weighted by atomic mass is 35.5. The van der Waals surface area contributed by atoms with Crippen molar-refractivity contribution in [1.82, 2.24) is 30.0 Å². The van der Waals surface area contributed by atoms with Crippen LogP contribution in [-0.2, 0) is 6.54 Å². The maximum absolute atomic E-state index is 13.2. The highest BCUT2D eigenvalue weighted by Crippen LogP contribution is 2.23.